The topological polar surface area (TPSA) is 85.2 Å². The molecular formula is C26H26ClF3N6O2S2. The third-order valence-electron chi connectivity index (χ3n) is 6.91. The fourth-order valence-electron chi connectivity index (χ4n) is 5.45. The van der Waals surface area contributed by atoms with E-state index in [0.717, 1.165) is 10.3 Å². The van der Waals surface area contributed by atoms with Gasteiger partial charge < -0.3 is 15.0 Å². The van der Waals surface area contributed by atoms with Gasteiger partial charge in [-0.1, -0.05) is 11.6 Å². The Morgan fingerprint density at radius 1 is 1.12 bits per heavy atom. The molecule has 5 heterocycles. The van der Waals surface area contributed by atoms with Crippen LogP contribution >= 0.6 is 33.8 Å². The van der Waals surface area contributed by atoms with E-state index in [2.05, 4.69) is 20.3 Å². The first-order chi connectivity index (χ1) is 19.1. The highest BCUT2D eigenvalue weighted by molar-refractivity contribution is 8.18. The lowest BCUT2D eigenvalue weighted by atomic mass is 10.1. The summed E-state index contributed by atoms with van der Waals surface area (Å²) in [6.07, 6.45) is -2.10. The molecule has 0 radical (unpaired) electrons. The predicted molar refractivity (Wildman–Crippen MR) is 151 cm³/mol. The van der Waals surface area contributed by atoms with Crippen LogP contribution in [-0.2, 0) is 12.7 Å². The second-order valence-corrected chi connectivity index (χ2v) is 13.9. The summed E-state index contributed by atoms with van der Waals surface area (Å²) in [6, 6.07) is 6.03. The highest BCUT2D eigenvalue weighted by Gasteiger charge is 2.37. The van der Waals surface area contributed by atoms with Gasteiger partial charge in [0.1, 0.15) is 11.9 Å². The Hall–Kier alpha value is -2.87. The Kier molecular flexibility index (Phi) is 7.18. The third kappa shape index (κ3) is 5.27. The number of anilines is 1. The van der Waals surface area contributed by atoms with Crippen LogP contribution in [0.1, 0.15) is 19.4 Å². The molecule has 2 aliphatic rings. The number of hydrogen-bond donors (Lipinski definition) is 2. The van der Waals surface area contributed by atoms with Gasteiger partial charge in [-0.05, 0) is 38.1 Å². The van der Waals surface area contributed by atoms with E-state index in [0.29, 0.717) is 39.7 Å². The standard InChI is InChI=1S/C26H26ClF3N6O2S2/c1-14-9-35(10-15(2)33-14)23-19-6-16(26(28,29)30)7-20-22(19)36(25(37)34-23)11-18(38-24-31-4-3-5-32-24)13-40(20)21-8-17(27)12-39-21/h3-8,12,14-15,18,33,40H,9-11,13H2,1-2H3/t14-,15+,18?. The van der Waals surface area contributed by atoms with E-state index >= 15 is 0 Å². The number of ether oxygens (including phenoxy) is 1. The summed E-state index contributed by atoms with van der Waals surface area (Å²) in [5.74, 6) is 0.618. The number of halogens is 4. The van der Waals surface area contributed by atoms with E-state index in [9.17, 15) is 18.0 Å². The number of benzene rings is 1. The first-order valence-corrected chi connectivity index (χ1v) is 15.5. The normalized spacial score (nSPS) is 24.2. The highest BCUT2D eigenvalue weighted by Crippen LogP contribution is 2.54. The van der Waals surface area contributed by atoms with Gasteiger partial charge in [-0.3, -0.25) is 4.57 Å². The summed E-state index contributed by atoms with van der Waals surface area (Å²) >= 11 is 7.67. The molecule has 0 saturated carbocycles. The molecule has 0 bridgehead atoms. The van der Waals surface area contributed by atoms with Crippen molar-refractivity contribution < 1.29 is 17.9 Å². The van der Waals surface area contributed by atoms with Crippen LogP contribution in [0, 0.1) is 0 Å². The molecule has 212 valence electrons. The number of nitrogens with one attached hydrogen (secondary N) is 1. The Bertz CT molecular complexity index is 1610. The minimum atomic E-state index is -4.60. The molecule has 2 unspecified atom stereocenters. The van der Waals surface area contributed by atoms with E-state index in [4.69, 9.17) is 16.3 Å². The first-order valence-electron chi connectivity index (χ1n) is 12.7. The number of nitrogens with zero attached hydrogens (tertiary/aromatic N) is 5. The monoisotopic (exact) mass is 610 g/mol. The van der Waals surface area contributed by atoms with Crippen LogP contribution in [0.25, 0.3) is 10.9 Å². The van der Waals surface area contributed by atoms with Gasteiger partial charge in [0.05, 0.1) is 22.6 Å². The van der Waals surface area contributed by atoms with Crippen LogP contribution in [0.4, 0.5) is 19.0 Å². The van der Waals surface area contributed by atoms with Crippen molar-refractivity contribution in [2.75, 3.05) is 23.7 Å². The Morgan fingerprint density at radius 3 is 2.50 bits per heavy atom. The van der Waals surface area contributed by atoms with Gasteiger partial charge in [0, 0.05) is 63.2 Å². The molecule has 6 rings (SSSR count). The zero-order valence-electron chi connectivity index (χ0n) is 21.5. The summed E-state index contributed by atoms with van der Waals surface area (Å²) in [5.41, 5.74) is -0.857. The van der Waals surface area contributed by atoms with Gasteiger partial charge in [0.2, 0.25) is 0 Å². The summed E-state index contributed by atoms with van der Waals surface area (Å²) in [4.78, 5) is 28.7. The molecule has 1 aromatic carbocycles. The molecule has 0 amide bonds. The lowest BCUT2D eigenvalue weighted by molar-refractivity contribution is -0.137. The van der Waals surface area contributed by atoms with Crippen molar-refractivity contribution >= 4 is 50.6 Å². The smallest absolute Gasteiger partial charge is 0.416 e. The van der Waals surface area contributed by atoms with Gasteiger partial charge in [0.15, 0.2) is 0 Å². The molecule has 14 heteroatoms. The number of alkyl halides is 3. The van der Waals surface area contributed by atoms with Crippen LogP contribution < -0.4 is 20.6 Å². The molecular weight excluding hydrogens is 585 g/mol. The molecule has 4 atom stereocenters. The quantitative estimate of drug-likeness (QED) is 0.315. The van der Waals surface area contributed by atoms with Crippen LogP contribution in [0.5, 0.6) is 6.01 Å². The fourth-order valence-corrected chi connectivity index (χ4v) is 9.81. The van der Waals surface area contributed by atoms with Crippen molar-refractivity contribution in [1.29, 1.82) is 0 Å². The Labute approximate surface area is 239 Å². The van der Waals surface area contributed by atoms with Crippen LogP contribution in [0.2, 0.25) is 5.02 Å². The highest BCUT2D eigenvalue weighted by atomic mass is 35.5. The van der Waals surface area contributed by atoms with E-state index in [-0.39, 0.29) is 30.5 Å². The minimum absolute atomic E-state index is 0.0676. The number of thiol groups is 1. The SMILES string of the molecule is C[C@@H]1CN(c2nc(=O)n3c4c(cc(C(F)(F)F)cc24)[SH](c2cc(Cl)cs2)CC(Oc2ncccn2)C3)C[C@H](C)N1. The van der Waals surface area contributed by atoms with Crippen LogP contribution in [0.15, 0.2) is 55.9 Å². The van der Waals surface area contributed by atoms with Gasteiger partial charge in [-0.2, -0.15) is 29.1 Å². The second kappa shape index (κ2) is 10.5. The van der Waals surface area contributed by atoms with Crippen molar-refractivity contribution in [3.05, 3.63) is 63.1 Å². The minimum Gasteiger partial charge on any atom is -0.457 e. The average Bonchev–Trinajstić information content (AvgIpc) is 3.25. The molecule has 8 nitrogen and oxygen atoms in total. The zero-order chi connectivity index (χ0) is 28.2. The van der Waals surface area contributed by atoms with Crippen molar-refractivity contribution in [1.82, 2.24) is 24.8 Å². The Balaban J connectivity index is 1.61. The van der Waals surface area contributed by atoms with Crippen LogP contribution in [-0.4, -0.2) is 56.5 Å². The van der Waals surface area contributed by atoms with Gasteiger partial charge in [-0.15, -0.1) is 11.3 Å². The number of rotatable bonds is 4. The predicted octanol–water partition coefficient (Wildman–Crippen LogP) is 4.99. The summed E-state index contributed by atoms with van der Waals surface area (Å²) < 4.78 is 51.5. The van der Waals surface area contributed by atoms with Crippen LogP contribution in [0.3, 0.4) is 0 Å². The van der Waals surface area contributed by atoms with Crippen molar-refractivity contribution in [2.45, 2.75) is 53.9 Å². The molecule has 0 spiro atoms. The molecule has 0 aliphatic carbocycles. The molecule has 4 aromatic rings. The van der Waals surface area contributed by atoms with Gasteiger partial charge in [0.25, 0.3) is 0 Å². The van der Waals surface area contributed by atoms with Gasteiger partial charge >= 0.3 is 17.9 Å². The van der Waals surface area contributed by atoms with E-state index < -0.39 is 34.4 Å². The maximum Gasteiger partial charge on any atom is 0.416 e. The molecule has 40 heavy (non-hydrogen) atoms. The lowest BCUT2D eigenvalue weighted by Gasteiger charge is -2.37. The largest absolute Gasteiger partial charge is 0.457 e. The average molecular weight is 611 g/mol. The summed E-state index contributed by atoms with van der Waals surface area (Å²) in [6.45, 7) is 5.10. The molecule has 3 aromatic heterocycles. The van der Waals surface area contributed by atoms with Crippen molar-refractivity contribution in [2.24, 2.45) is 0 Å². The summed E-state index contributed by atoms with van der Waals surface area (Å²) in [7, 11) is -1.40. The second-order valence-electron chi connectivity index (χ2n) is 10.1. The third-order valence-corrected chi connectivity index (χ3v) is 11.3. The van der Waals surface area contributed by atoms with E-state index in [1.54, 1.807) is 29.9 Å². The molecule has 1 saturated heterocycles. The van der Waals surface area contributed by atoms with E-state index in [1.807, 2.05) is 18.7 Å². The number of thiophene rings is 1. The van der Waals surface area contributed by atoms with Crippen molar-refractivity contribution in [3.8, 4) is 6.01 Å². The van der Waals surface area contributed by atoms with Gasteiger partial charge in [-0.25, -0.2) is 14.8 Å². The lowest BCUT2D eigenvalue weighted by Crippen LogP contribution is -2.55. The maximum atomic E-state index is 14.4. The maximum absolute atomic E-state index is 14.4. The zero-order valence-corrected chi connectivity index (χ0v) is 24.0. The number of hydrogen-bond acceptors (Lipinski definition) is 8. The van der Waals surface area contributed by atoms with E-state index in [1.165, 1.54) is 22.0 Å². The summed E-state index contributed by atoms with van der Waals surface area (Å²) in [5, 5.41) is 6.00. The van der Waals surface area contributed by atoms with Crippen molar-refractivity contribution in [3.63, 3.8) is 0 Å². The molecule has 1 N–H and O–H groups in total. The Morgan fingerprint density at radius 2 is 1.85 bits per heavy atom. The first kappa shape index (κ1) is 27.3. The molecule has 2 aliphatic heterocycles. The fraction of sp³-hybridized carbons (Fsp3) is 0.385. The molecule has 1 fully saturated rings. The number of aromatic nitrogens is 4. The number of piperazine rings is 1.